The fourth-order valence-corrected chi connectivity index (χ4v) is 3.98. The summed E-state index contributed by atoms with van der Waals surface area (Å²) in [7, 11) is 0. The van der Waals surface area contributed by atoms with Gasteiger partial charge in [0.2, 0.25) is 5.91 Å². The molecule has 0 fully saturated rings. The first kappa shape index (κ1) is 25.8. The Morgan fingerprint density at radius 1 is 1.00 bits per heavy atom. The summed E-state index contributed by atoms with van der Waals surface area (Å²) in [6.07, 6.45) is -4.53. The van der Waals surface area contributed by atoms with Crippen LogP contribution >= 0.6 is 0 Å². The molecule has 0 heterocycles. The van der Waals surface area contributed by atoms with E-state index in [2.05, 4.69) is 10.6 Å². The quantitative estimate of drug-likeness (QED) is 0.432. The van der Waals surface area contributed by atoms with Crippen molar-refractivity contribution in [1.82, 2.24) is 10.6 Å². The van der Waals surface area contributed by atoms with Gasteiger partial charge in [0.1, 0.15) is 6.61 Å². The number of ether oxygens (including phenoxy) is 1. The highest BCUT2D eigenvalue weighted by Crippen LogP contribution is 2.44. The maximum atomic E-state index is 12.8. The Bertz CT molecular complexity index is 1060. The molecule has 186 valence electrons. The Hall–Kier alpha value is -3.82. The molecule has 0 aromatic heterocycles. The number of hydrogen-bond acceptors (Lipinski definition) is 4. The van der Waals surface area contributed by atoms with Crippen LogP contribution in [0.25, 0.3) is 11.1 Å². The van der Waals surface area contributed by atoms with Crippen molar-refractivity contribution in [3.8, 4) is 11.1 Å². The first-order valence-corrected chi connectivity index (χ1v) is 11.0. The summed E-state index contributed by atoms with van der Waals surface area (Å²) >= 11 is 0. The molecule has 10 heteroatoms. The Morgan fingerprint density at radius 2 is 1.60 bits per heavy atom. The molecular formula is C25H25F3N2O5. The second-order valence-corrected chi connectivity index (χ2v) is 8.02. The number of halogens is 3. The van der Waals surface area contributed by atoms with E-state index >= 15 is 0 Å². The van der Waals surface area contributed by atoms with Crippen LogP contribution in [0.2, 0.25) is 0 Å². The predicted octanol–water partition coefficient (Wildman–Crippen LogP) is 4.24. The molecule has 0 radical (unpaired) electrons. The van der Waals surface area contributed by atoms with E-state index in [0.29, 0.717) is 0 Å². The van der Waals surface area contributed by atoms with Crippen LogP contribution in [0, 0.1) is 5.92 Å². The van der Waals surface area contributed by atoms with Crippen molar-refractivity contribution >= 4 is 18.0 Å². The van der Waals surface area contributed by atoms with E-state index in [4.69, 9.17) is 9.84 Å². The fourth-order valence-electron chi connectivity index (χ4n) is 3.98. The molecule has 3 rings (SSSR count). The molecule has 1 aliphatic carbocycles. The highest BCUT2D eigenvalue weighted by atomic mass is 19.4. The van der Waals surface area contributed by atoms with Crippen LogP contribution in [0.1, 0.15) is 29.9 Å². The van der Waals surface area contributed by atoms with Crippen molar-refractivity contribution in [2.24, 2.45) is 5.92 Å². The fraction of sp³-hybridized carbons (Fsp3) is 0.320. The van der Waals surface area contributed by atoms with E-state index in [1.807, 2.05) is 48.5 Å². The number of carbonyl (C=O) groups is 3. The standard InChI is InChI=1S/C25H25F3N2O5/c26-25(27,28)16(14-23(32)33)11-13-29-22(31)10-5-12-30-24(34)35-15-21-19-8-3-1-6-17(19)18-7-2-4-9-20(18)21/h1-10,16,21H,11-15H2,(H,29,31)(H,30,34)(H,32,33)/b10-5+. The molecule has 35 heavy (non-hydrogen) atoms. The van der Waals surface area contributed by atoms with Gasteiger partial charge in [0.25, 0.3) is 0 Å². The number of hydrogen-bond donors (Lipinski definition) is 3. The molecule has 0 bridgehead atoms. The lowest BCUT2D eigenvalue weighted by atomic mass is 9.98. The molecule has 2 amide bonds. The number of fused-ring (bicyclic) bond motifs is 3. The van der Waals surface area contributed by atoms with Crippen LogP contribution in [0.5, 0.6) is 0 Å². The summed E-state index contributed by atoms with van der Waals surface area (Å²) in [5, 5.41) is 13.3. The smallest absolute Gasteiger partial charge is 0.407 e. The Labute approximate surface area is 200 Å². The lowest BCUT2D eigenvalue weighted by Gasteiger charge is -2.18. The van der Waals surface area contributed by atoms with Crippen molar-refractivity contribution in [1.29, 1.82) is 0 Å². The van der Waals surface area contributed by atoms with Crippen LogP contribution in [0.3, 0.4) is 0 Å². The minimum atomic E-state index is -4.66. The number of nitrogens with one attached hydrogen (secondary N) is 2. The van der Waals surface area contributed by atoms with Gasteiger partial charge in [-0.1, -0.05) is 54.6 Å². The Morgan fingerprint density at radius 3 is 2.17 bits per heavy atom. The molecule has 0 saturated heterocycles. The van der Waals surface area contributed by atoms with E-state index in [9.17, 15) is 27.6 Å². The van der Waals surface area contributed by atoms with Crippen molar-refractivity contribution in [2.45, 2.75) is 24.9 Å². The Balaban J connectivity index is 1.40. The first-order chi connectivity index (χ1) is 16.7. The predicted molar refractivity (Wildman–Crippen MR) is 122 cm³/mol. The summed E-state index contributed by atoms with van der Waals surface area (Å²) in [6.45, 7) is -0.213. The van der Waals surface area contributed by atoms with Crippen molar-refractivity contribution in [3.63, 3.8) is 0 Å². The molecule has 3 N–H and O–H groups in total. The zero-order chi connectivity index (χ0) is 25.4. The molecule has 0 aliphatic heterocycles. The number of alkyl halides is 3. The van der Waals surface area contributed by atoms with Gasteiger partial charge >= 0.3 is 18.2 Å². The van der Waals surface area contributed by atoms with Crippen LogP contribution in [0.4, 0.5) is 18.0 Å². The zero-order valence-corrected chi connectivity index (χ0v) is 18.7. The molecule has 0 saturated carbocycles. The number of rotatable bonds is 10. The topological polar surface area (TPSA) is 105 Å². The molecular weight excluding hydrogens is 465 g/mol. The van der Waals surface area contributed by atoms with Crippen LogP contribution in [-0.2, 0) is 14.3 Å². The normalized spacial score (nSPS) is 13.7. The van der Waals surface area contributed by atoms with E-state index in [0.717, 1.165) is 28.3 Å². The maximum Gasteiger partial charge on any atom is 0.407 e. The first-order valence-electron chi connectivity index (χ1n) is 11.0. The third-order valence-electron chi connectivity index (χ3n) is 5.65. The number of benzene rings is 2. The number of amides is 2. The van der Waals surface area contributed by atoms with Crippen LogP contribution < -0.4 is 10.6 Å². The monoisotopic (exact) mass is 490 g/mol. The molecule has 2 aromatic rings. The average Bonchev–Trinajstić information content (AvgIpc) is 3.13. The lowest BCUT2D eigenvalue weighted by Crippen LogP contribution is -2.31. The van der Waals surface area contributed by atoms with Crippen molar-refractivity contribution < 1.29 is 37.4 Å². The van der Waals surface area contributed by atoms with Crippen LogP contribution in [-0.4, -0.2) is 48.9 Å². The summed E-state index contributed by atoms with van der Waals surface area (Å²) < 4.78 is 43.7. The largest absolute Gasteiger partial charge is 0.481 e. The van der Waals surface area contributed by atoms with Gasteiger partial charge in [-0.3, -0.25) is 9.59 Å². The van der Waals surface area contributed by atoms with Gasteiger partial charge in [0.15, 0.2) is 0 Å². The Kier molecular flexibility index (Phi) is 8.51. The van der Waals surface area contributed by atoms with Gasteiger partial charge in [0, 0.05) is 25.1 Å². The van der Waals surface area contributed by atoms with Crippen LogP contribution in [0.15, 0.2) is 60.7 Å². The zero-order valence-electron chi connectivity index (χ0n) is 18.7. The molecule has 0 spiro atoms. The third kappa shape index (κ3) is 7.08. The maximum absolute atomic E-state index is 12.8. The summed E-state index contributed by atoms with van der Waals surface area (Å²) in [5.41, 5.74) is 4.37. The average molecular weight is 490 g/mol. The SMILES string of the molecule is O=C(O)CC(CCNC(=O)/C=C/CNC(=O)OCC1c2ccccc2-c2ccccc21)C(F)(F)F. The minimum Gasteiger partial charge on any atom is -0.481 e. The molecule has 2 aromatic carbocycles. The number of carbonyl (C=O) groups excluding carboxylic acids is 2. The van der Waals surface area contributed by atoms with E-state index < -0.39 is 42.9 Å². The number of carboxylic acid groups (broad SMARTS) is 1. The van der Waals surface area contributed by atoms with Gasteiger partial charge in [-0.25, -0.2) is 4.79 Å². The van der Waals surface area contributed by atoms with E-state index in [1.54, 1.807) is 0 Å². The summed E-state index contributed by atoms with van der Waals surface area (Å²) in [5.74, 6) is -4.34. The lowest BCUT2D eigenvalue weighted by molar-refractivity contribution is -0.184. The van der Waals surface area contributed by atoms with E-state index in [1.165, 1.54) is 6.08 Å². The van der Waals surface area contributed by atoms with Crippen molar-refractivity contribution in [2.75, 3.05) is 19.7 Å². The number of carboxylic acids is 1. The molecule has 7 nitrogen and oxygen atoms in total. The summed E-state index contributed by atoms with van der Waals surface area (Å²) in [6, 6.07) is 15.8. The molecule has 1 atom stereocenters. The van der Waals surface area contributed by atoms with Gasteiger partial charge in [-0.05, 0) is 28.7 Å². The second-order valence-electron chi connectivity index (χ2n) is 8.02. The van der Waals surface area contributed by atoms with Gasteiger partial charge in [0.05, 0.1) is 12.3 Å². The number of aliphatic carboxylic acids is 1. The highest BCUT2D eigenvalue weighted by molar-refractivity contribution is 5.87. The molecule has 1 aliphatic rings. The highest BCUT2D eigenvalue weighted by Gasteiger charge is 2.40. The minimum absolute atomic E-state index is 0.0196. The third-order valence-corrected chi connectivity index (χ3v) is 5.65. The van der Waals surface area contributed by atoms with Crippen molar-refractivity contribution in [3.05, 3.63) is 71.8 Å². The van der Waals surface area contributed by atoms with Gasteiger partial charge in [-0.2, -0.15) is 13.2 Å². The summed E-state index contributed by atoms with van der Waals surface area (Å²) in [4.78, 5) is 34.4. The van der Waals surface area contributed by atoms with E-state index in [-0.39, 0.29) is 25.6 Å². The van der Waals surface area contributed by atoms with Gasteiger partial charge in [-0.15, -0.1) is 0 Å². The van der Waals surface area contributed by atoms with Gasteiger partial charge < -0.3 is 20.5 Å². The second kappa shape index (κ2) is 11.5. The number of alkyl carbamates (subject to hydrolysis) is 1. The molecule has 1 unspecified atom stereocenters.